The molecular weight excluding hydrogens is 332 g/mol. The Morgan fingerprint density at radius 2 is 1.75 bits per heavy atom. The van der Waals surface area contributed by atoms with E-state index in [2.05, 4.69) is 0 Å². The molecule has 24 heavy (non-hydrogen) atoms. The van der Waals surface area contributed by atoms with E-state index >= 15 is 0 Å². The lowest BCUT2D eigenvalue weighted by Gasteiger charge is -2.15. The van der Waals surface area contributed by atoms with Gasteiger partial charge in [-0.15, -0.1) is 0 Å². The van der Waals surface area contributed by atoms with Gasteiger partial charge in [0.1, 0.15) is 5.75 Å². The molecule has 128 valence electrons. The van der Waals surface area contributed by atoms with Crippen molar-refractivity contribution in [1.29, 1.82) is 0 Å². The van der Waals surface area contributed by atoms with Crippen molar-refractivity contribution in [3.63, 3.8) is 0 Å². The number of carboxylic acid groups (broad SMARTS) is 1. The van der Waals surface area contributed by atoms with E-state index in [1.165, 1.54) is 19.2 Å². The molecule has 0 heterocycles. The van der Waals surface area contributed by atoms with Crippen LogP contribution in [0.1, 0.15) is 11.1 Å². The van der Waals surface area contributed by atoms with E-state index < -0.39 is 22.2 Å². The van der Waals surface area contributed by atoms with Crippen LogP contribution in [-0.4, -0.2) is 32.7 Å². The molecule has 6 nitrogen and oxygen atoms in total. The fourth-order valence-corrected chi connectivity index (χ4v) is 3.18. The van der Waals surface area contributed by atoms with Crippen LogP contribution in [0, 0.1) is 6.92 Å². The number of benzene rings is 2. The standard InChI is InChI=1S/C17H18O6S/c1-12-7-9-14(10-8-12)24(20,21)23-16(17(18)19)11-13-5-3-4-6-15(13)22-2/h3-10,16H,11H2,1-2H3,(H,18,19)/t16-/m0/s1. The number of carboxylic acids is 1. The normalized spacial score (nSPS) is 12.6. The molecule has 0 aliphatic heterocycles. The molecule has 1 atom stereocenters. The number of rotatable bonds is 7. The first kappa shape index (κ1) is 18.0. The van der Waals surface area contributed by atoms with Crippen LogP contribution in [0.3, 0.4) is 0 Å². The van der Waals surface area contributed by atoms with Gasteiger partial charge in [-0.25, -0.2) is 4.79 Å². The van der Waals surface area contributed by atoms with Crippen molar-refractivity contribution in [2.45, 2.75) is 24.3 Å². The molecule has 0 unspecified atom stereocenters. The van der Waals surface area contributed by atoms with Crippen molar-refractivity contribution < 1.29 is 27.2 Å². The van der Waals surface area contributed by atoms with E-state index in [0.29, 0.717) is 11.3 Å². The molecule has 0 saturated heterocycles. The largest absolute Gasteiger partial charge is 0.496 e. The van der Waals surface area contributed by atoms with Gasteiger partial charge in [0.05, 0.1) is 12.0 Å². The van der Waals surface area contributed by atoms with Crippen LogP contribution in [0.25, 0.3) is 0 Å². The quantitative estimate of drug-likeness (QED) is 0.771. The maximum atomic E-state index is 12.3. The zero-order chi connectivity index (χ0) is 17.7. The van der Waals surface area contributed by atoms with Gasteiger partial charge in [-0.05, 0) is 30.7 Å². The van der Waals surface area contributed by atoms with E-state index in [9.17, 15) is 18.3 Å². The Morgan fingerprint density at radius 1 is 1.12 bits per heavy atom. The summed E-state index contributed by atoms with van der Waals surface area (Å²) in [6.07, 6.45) is -1.68. The molecule has 0 spiro atoms. The topological polar surface area (TPSA) is 89.9 Å². The number of carbonyl (C=O) groups is 1. The lowest BCUT2D eigenvalue weighted by molar-refractivity contribution is -0.144. The molecule has 0 aliphatic carbocycles. The fraction of sp³-hybridized carbons (Fsp3) is 0.235. The van der Waals surface area contributed by atoms with E-state index in [0.717, 1.165) is 5.56 Å². The Hall–Kier alpha value is -2.38. The molecule has 0 radical (unpaired) electrons. The summed E-state index contributed by atoms with van der Waals surface area (Å²) in [5, 5.41) is 9.32. The van der Waals surface area contributed by atoms with Crippen molar-refractivity contribution >= 4 is 16.1 Å². The Bertz CT molecular complexity index is 811. The highest BCUT2D eigenvalue weighted by Crippen LogP contribution is 2.22. The van der Waals surface area contributed by atoms with E-state index in [1.807, 2.05) is 6.92 Å². The van der Waals surface area contributed by atoms with Crippen LogP contribution < -0.4 is 4.74 Å². The van der Waals surface area contributed by atoms with Crippen LogP contribution >= 0.6 is 0 Å². The van der Waals surface area contributed by atoms with Crippen LogP contribution in [0.15, 0.2) is 53.4 Å². The molecule has 2 rings (SSSR count). The van der Waals surface area contributed by atoms with Gasteiger partial charge < -0.3 is 9.84 Å². The van der Waals surface area contributed by atoms with E-state index in [1.54, 1.807) is 36.4 Å². The van der Waals surface area contributed by atoms with Crippen LogP contribution in [0.5, 0.6) is 5.75 Å². The Balaban J connectivity index is 2.25. The third-order valence-electron chi connectivity index (χ3n) is 3.43. The third-order valence-corrected chi connectivity index (χ3v) is 4.76. The summed E-state index contributed by atoms with van der Waals surface area (Å²) in [5.41, 5.74) is 1.43. The number of aryl methyl sites for hydroxylation is 1. The highest BCUT2D eigenvalue weighted by atomic mass is 32.2. The van der Waals surface area contributed by atoms with Crippen molar-refractivity contribution in [1.82, 2.24) is 0 Å². The second-order valence-corrected chi connectivity index (χ2v) is 6.78. The molecule has 1 N–H and O–H groups in total. The number of para-hydroxylation sites is 1. The summed E-state index contributed by atoms with van der Waals surface area (Å²) in [5.74, 6) is -0.892. The smallest absolute Gasteiger partial charge is 0.334 e. The van der Waals surface area contributed by atoms with Crippen LogP contribution in [0.2, 0.25) is 0 Å². The number of hydrogen-bond donors (Lipinski definition) is 1. The minimum Gasteiger partial charge on any atom is -0.496 e. The first-order chi connectivity index (χ1) is 11.3. The van der Waals surface area contributed by atoms with Gasteiger partial charge >= 0.3 is 5.97 Å². The molecule has 7 heteroatoms. The molecule has 0 bridgehead atoms. The minimum atomic E-state index is -4.18. The van der Waals surface area contributed by atoms with Crippen molar-refractivity contribution in [3.05, 3.63) is 59.7 Å². The number of ether oxygens (including phenoxy) is 1. The SMILES string of the molecule is COc1ccccc1C[C@H](OS(=O)(=O)c1ccc(C)cc1)C(=O)O. The van der Waals surface area contributed by atoms with Gasteiger partial charge in [0.25, 0.3) is 10.1 Å². The molecule has 0 aromatic heterocycles. The summed E-state index contributed by atoms with van der Waals surface area (Å²) >= 11 is 0. The Labute approximate surface area is 140 Å². The Kier molecular flexibility index (Phi) is 5.58. The molecule has 2 aromatic carbocycles. The maximum Gasteiger partial charge on any atom is 0.334 e. The van der Waals surface area contributed by atoms with Crippen molar-refractivity contribution in [2.75, 3.05) is 7.11 Å². The minimum absolute atomic E-state index is 0.0839. The van der Waals surface area contributed by atoms with E-state index in [4.69, 9.17) is 8.92 Å². The van der Waals surface area contributed by atoms with Crippen molar-refractivity contribution in [2.24, 2.45) is 0 Å². The summed E-state index contributed by atoms with van der Waals surface area (Å²) in [7, 11) is -2.73. The Morgan fingerprint density at radius 3 is 2.33 bits per heavy atom. The molecule has 0 fully saturated rings. The van der Waals surface area contributed by atoms with E-state index in [-0.39, 0.29) is 11.3 Å². The lowest BCUT2D eigenvalue weighted by atomic mass is 10.1. The molecule has 0 amide bonds. The van der Waals surface area contributed by atoms with Gasteiger partial charge in [-0.1, -0.05) is 35.9 Å². The number of hydrogen-bond acceptors (Lipinski definition) is 5. The highest BCUT2D eigenvalue weighted by Gasteiger charge is 2.28. The average Bonchev–Trinajstić information content (AvgIpc) is 2.55. The van der Waals surface area contributed by atoms with Gasteiger partial charge in [0.2, 0.25) is 0 Å². The second-order valence-electron chi connectivity index (χ2n) is 5.21. The van der Waals surface area contributed by atoms with Crippen LogP contribution in [0.4, 0.5) is 0 Å². The predicted octanol–water partition coefficient (Wildman–Crippen LogP) is 2.40. The van der Waals surface area contributed by atoms with Crippen LogP contribution in [-0.2, 0) is 25.5 Å². The van der Waals surface area contributed by atoms with Gasteiger partial charge in [0, 0.05) is 6.42 Å². The summed E-state index contributed by atoms with van der Waals surface area (Å²) in [6.45, 7) is 1.82. The molecule has 0 saturated carbocycles. The lowest BCUT2D eigenvalue weighted by Crippen LogP contribution is -2.29. The highest BCUT2D eigenvalue weighted by molar-refractivity contribution is 7.86. The zero-order valence-corrected chi connectivity index (χ0v) is 14.1. The third kappa shape index (κ3) is 4.33. The first-order valence-corrected chi connectivity index (χ1v) is 8.59. The van der Waals surface area contributed by atoms with Gasteiger partial charge in [-0.2, -0.15) is 8.42 Å². The molecule has 0 aliphatic rings. The summed E-state index contributed by atoms with van der Waals surface area (Å²) < 4.78 is 34.7. The monoisotopic (exact) mass is 350 g/mol. The predicted molar refractivity (Wildman–Crippen MR) is 87.6 cm³/mol. The summed E-state index contributed by atoms with van der Waals surface area (Å²) in [4.78, 5) is 11.4. The average molecular weight is 350 g/mol. The molecular formula is C17H18O6S. The first-order valence-electron chi connectivity index (χ1n) is 7.18. The molecule has 2 aromatic rings. The fourth-order valence-electron chi connectivity index (χ4n) is 2.15. The summed E-state index contributed by atoms with van der Waals surface area (Å²) in [6, 6.07) is 12.8. The zero-order valence-electron chi connectivity index (χ0n) is 13.3. The van der Waals surface area contributed by atoms with Gasteiger partial charge in [-0.3, -0.25) is 4.18 Å². The van der Waals surface area contributed by atoms with Gasteiger partial charge in [0.15, 0.2) is 6.10 Å². The maximum absolute atomic E-state index is 12.3. The number of aliphatic carboxylic acids is 1. The number of methoxy groups -OCH3 is 1. The van der Waals surface area contributed by atoms with Crippen molar-refractivity contribution in [3.8, 4) is 5.75 Å². The second kappa shape index (κ2) is 7.46.